The van der Waals surface area contributed by atoms with E-state index in [0.29, 0.717) is 0 Å². The number of aliphatic hydroxyl groups is 1. The van der Waals surface area contributed by atoms with Crippen LogP contribution in [0.1, 0.15) is 19.4 Å². The summed E-state index contributed by atoms with van der Waals surface area (Å²) in [6.07, 6.45) is -2.97. The monoisotopic (exact) mass is 563 g/mol. The molecule has 4 rings (SSSR count). The molecule has 14 heteroatoms. The Morgan fingerprint density at radius 1 is 1.27 bits per heavy atom. The average Bonchev–Trinajstić information content (AvgIpc) is 3.04. The molecule has 0 saturated carbocycles. The smallest absolute Gasteiger partial charge is 0.543 e. The summed E-state index contributed by atoms with van der Waals surface area (Å²) in [6.45, 7) is 4.57. The zero-order chi connectivity index (χ0) is 26.5. The average molecular weight is 564 g/mol. The number of esters is 1. The second-order valence-electron chi connectivity index (χ2n) is 9.01. The van der Waals surface area contributed by atoms with Crippen LogP contribution in [0.5, 0.6) is 0 Å². The molecule has 11 nitrogen and oxygen atoms in total. The van der Waals surface area contributed by atoms with Crippen molar-refractivity contribution in [1.82, 2.24) is 4.90 Å². The van der Waals surface area contributed by atoms with Crippen molar-refractivity contribution in [3.8, 4) is 0 Å². The molecule has 0 bridgehead atoms. The molecule has 1 aromatic rings. The van der Waals surface area contributed by atoms with Gasteiger partial charge in [-0.2, -0.15) is 8.42 Å². The van der Waals surface area contributed by atoms with E-state index in [9.17, 15) is 33.0 Å². The number of carbonyl (C=O) groups is 3. The summed E-state index contributed by atoms with van der Waals surface area (Å²) in [7, 11) is -2.94. The Morgan fingerprint density at radius 2 is 1.89 bits per heavy atom. The minimum Gasteiger partial charge on any atom is -0.543 e. The molecule has 3 aliphatic heterocycles. The van der Waals surface area contributed by atoms with E-state index in [-0.39, 0.29) is 45.1 Å². The topological polar surface area (TPSA) is 160 Å². The third-order valence-electron chi connectivity index (χ3n) is 6.68. The van der Waals surface area contributed by atoms with Gasteiger partial charge in [0.05, 0.1) is 59.7 Å². The number of nitrogens with zero attached hydrogens (tertiary/aromatic N) is 1. The van der Waals surface area contributed by atoms with E-state index in [4.69, 9.17) is 13.7 Å². The number of hydrogen-bond donors (Lipinski definition) is 1. The predicted molar refractivity (Wildman–Crippen MR) is 123 cm³/mol. The minimum absolute atomic E-state index is 0. The van der Waals surface area contributed by atoms with E-state index < -0.39 is 76.0 Å². The van der Waals surface area contributed by atoms with Crippen molar-refractivity contribution in [2.45, 2.75) is 55.3 Å². The molecule has 37 heavy (non-hydrogen) atoms. The predicted octanol–water partition coefficient (Wildman–Crippen LogP) is -3.43. The Bertz CT molecular complexity index is 1220. The Morgan fingerprint density at radius 3 is 2.43 bits per heavy atom. The number of amides is 1. The van der Waals surface area contributed by atoms with E-state index in [2.05, 4.69) is 0 Å². The van der Waals surface area contributed by atoms with Gasteiger partial charge >= 0.3 is 35.5 Å². The van der Waals surface area contributed by atoms with Gasteiger partial charge in [-0.05, 0) is 26.0 Å². The van der Waals surface area contributed by atoms with E-state index in [1.165, 1.54) is 26.2 Å². The number of aryl methyl sites for hydroxylation is 1. The molecular weight excluding hydrogens is 537 g/mol. The zero-order valence-corrected chi connectivity index (χ0v) is 24.6. The molecule has 2 saturated heterocycles. The van der Waals surface area contributed by atoms with Crippen LogP contribution in [0.2, 0.25) is 0 Å². The molecule has 0 unspecified atom stereocenters. The van der Waals surface area contributed by atoms with Gasteiger partial charge in [0, 0.05) is 10.8 Å². The number of aliphatic hydroxyl groups excluding tert-OH is 1. The SMILES string of the molecule is COC(=O)[C@H]1O[C@H](COS(=O)(=O)c2ccc(C)cc2)[C@H]1SC1=C(C(=O)[O-])N2C(=O)[C@H]([C@@H](C)O)[C@H]2[C@H]1C.[Na+]. The first-order valence-electron chi connectivity index (χ1n) is 11.2. The summed E-state index contributed by atoms with van der Waals surface area (Å²) in [5.41, 5.74) is 0.555. The number of carbonyl (C=O) groups excluding carboxylic acids is 3. The number of hydrogen-bond acceptors (Lipinski definition) is 11. The largest absolute Gasteiger partial charge is 1.00 e. The first-order valence-corrected chi connectivity index (χ1v) is 13.5. The molecule has 1 aromatic carbocycles. The first kappa shape index (κ1) is 30.1. The summed E-state index contributed by atoms with van der Waals surface area (Å²) >= 11 is 0.993. The van der Waals surface area contributed by atoms with Crippen molar-refractivity contribution in [3.05, 3.63) is 40.4 Å². The number of methoxy groups -OCH3 is 1. The van der Waals surface area contributed by atoms with Gasteiger partial charge in [-0.3, -0.25) is 8.98 Å². The number of carboxylic acids is 1. The molecule has 0 aromatic heterocycles. The fourth-order valence-corrected chi connectivity index (χ4v) is 7.22. The van der Waals surface area contributed by atoms with Crippen molar-refractivity contribution < 1.29 is 76.2 Å². The maximum atomic E-state index is 12.6. The number of carboxylic acid groups (broad SMARTS) is 1. The molecule has 0 radical (unpaired) electrons. The van der Waals surface area contributed by atoms with Crippen LogP contribution in [0.15, 0.2) is 39.8 Å². The van der Waals surface area contributed by atoms with Gasteiger partial charge < -0.3 is 29.4 Å². The molecule has 3 heterocycles. The number of benzene rings is 1. The van der Waals surface area contributed by atoms with Gasteiger partial charge in [0.15, 0.2) is 6.10 Å². The van der Waals surface area contributed by atoms with Crippen LogP contribution in [-0.4, -0.2) is 79.6 Å². The summed E-state index contributed by atoms with van der Waals surface area (Å²) < 4.78 is 40.7. The van der Waals surface area contributed by atoms with Crippen molar-refractivity contribution in [2.24, 2.45) is 11.8 Å². The fourth-order valence-electron chi connectivity index (χ4n) is 4.77. The Kier molecular flexibility index (Phi) is 9.23. The fraction of sp³-hybridized carbons (Fsp3) is 0.522. The normalized spacial score (nSPS) is 29.5. The first-order chi connectivity index (χ1) is 16.9. The van der Waals surface area contributed by atoms with Crippen molar-refractivity contribution in [2.75, 3.05) is 13.7 Å². The van der Waals surface area contributed by atoms with Crippen molar-refractivity contribution in [3.63, 3.8) is 0 Å². The van der Waals surface area contributed by atoms with Crippen molar-refractivity contribution >= 4 is 39.7 Å². The number of aliphatic carboxylic acids is 1. The van der Waals surface area contributed by atoms with Gasteiger partial charge in [-0.25, -0.2) is 4.79 Å². The molecule has 3 aliphatic rings. The van der Waals surface area contributed by atoms with Gasteiger partial charge in [0.1, 0.15) is 0 Å². The summed E-state index contributed by atoms with van der Waals surface area (Å²) in [6, 6.07) is 5.51. The third kappa shape index (κ3) is 5.37. The number of β-lactam (4-membered cyclic amide) rings is 1. The van der Waals surface area contributed by atoms with Gasteiger partial charge in [-0.1, -0.05) is 24.6 Å². The van der Waals surface area contributed by atoms with Crippen LogP contribution in [-0.2, 0) is 38.2 Å². The Labute approximate surface area is 240 Å². The third-order valence-corrected chi connectivity index (χ3v) is 9.62. The van der Waals surface area contributed by atoms with Crippen LogP contribution in [0.4, 0.5) is 0 Å². The molecular formula is C23H26NNaO10S2. The number of rotatable bonds is 9. The maximum Gasteiger partial charge on any atom is 1.00 e. The van der Waals surface area contributed by atoms with E-state index >= 15 is 0 Å². The standard InChI is InChI=1S/C23H27NO10S2.Na/c1-10-5-7-13(8-6-10)36(30,31)33-9-14-20(18(34-14)23(29)32-4)35-19-11(2)16-15(12(3)25)21(26)24(16)17(19)22(27)28;/h5-8,11-12,14-16,18,20,25H,9H2,1-4H3,(H,27,28);/q;+1/p-1/t11-,12-,14-,15-,16-,18+,20-;/m1./s1. The summed E-state index contributed by atoms with van der Waals surface area (Å²) in [5, 5.41) is 21.2. The van der Waals surface area contributed by atoms with Crippen LogP contribution >= 0.6 is 11.8 Å². The molecule has 0 spiro atoms. The molecule has 7 atom stereocenters. The zero-order valence-electron chi connectivity index (χ0n) is 20.9. The number of ether oxygens (including phenoxy) is 2. The van der Waals surface area contributed by atoms with Crippen molar-refractivity contribution in [1.29, 1.82) is 0 Å². The molecule has 2 fully saturated rings. The number of thioether (sulfide) groups is 1. The molecule has 196 valence electrons. The van der Waals surface area contributed by atoms with Crippen LogP contribution < -0.4 is 34.7 Å². The summed E-state index contributed by atoms with van der Waals surface area (Å²) in [4.78, 5) is 38.1. The quantitative estimate of drug-likeness (QED) is 0.138. The second kappa shape index (κ2) is 11.3. The van der Waals surface area contributed by atoms with E-state index in [1.54, 1.807) is 19.1 Å². The van der Waals surface area contributed by atoms with Crippen LogP contribution in [0.25, 0.3) is 0 Å². The second-order valence-corrected chi connectivity index (χ2v) is 11.8. The number of fused-ring (bicyclic) bond motifs is 1. The molecule has 1 N–H and O–H groups in total. The van der Waals surface area contributed by atoms with Gasteiger partial charge in [-0.15, -0.1) is 11.8 Å². The molecule has 1 amide bonds. The minimum atomic E-state index is -4.11. The van der Waals surface area contributed by atoms with Gasteiger partial charge in [0.2, 0.25) is 5.91 Å². The van der Waals surface area contributed by atoms with Crippen LogP contribution in [0, 0.1) is 18.8 Å². The van der Waals surface area contributed by atoms with Crippen LogP contribution in [0.3, 0.4) is 0 Å². The maximum absolute atomic E-state index is 12.6. The Hall–Kier alpha value is -1.45. The Balaban J connectivity index is 0.00000380. The van der Waals surface area contributed by atoms with E-state index in [0.717, 1.165) is 22.2 Å². The van der Waals surface area contributed by atoms with E-state index in [1.807, 2.05) is 6.92 Å². The van der Waals surface area contributed by atoms with Gasteiger partial charge in [0.25, 0.3) is 10.1 Å². The summed E-state index contributed by atoms with van der Waals surface area (Å²) in [5.74, 6) is -4.03. The molecule has 0 aliphatic carbocycles.